The Morgan fingerprint density at radius 3 is 0.454 bits per heavy atom. The van der Waals surface area contributed by atoms with Crippen molar-refractivity contribution in [1.29, 1.82) is 0 Å². The summed E-state index contributed by atoms with van der Waals surface area (Å²) < 4.78 is 14.9. The Balaban J connectivity index is 0.680. The van der Waals surface area contributed by atoms with Gasteiger partial charge in [-0.05, 0) is 246 Å². The molecule has 141 heavy (non-hydrogen) atoms. The van der Waals surface area contributed by atoms with E-state index in [1.165, 1.54) is 198 Å². The highest BCUT2D eigenvalue weighted by molar-refractivity contribution is 6.23. The minimum atomic E-state index is -0.960. The zero-order valence-corrected chi connectivity index (χ0v) is 76.7. The molecular formula is C135H84N6. The SMILES string of the molecule is c1ccc(-n2c3ccccc3c3cc4c(cc32)c2ccccc2n4-c2ccc(C3(c4cc(C5(c6ccc(-n7c8ccccc8c8cc9c(cc87)c7ccccc7n9-c7ccccc7)cc6)c6ccccc6-c6ccccc65)cc(C5(c6ccc(-n7c8ccccc8c8cc9c(cc87)c7ccccc7n9-c7ccccc7)cc6)c6ccccc6-c6ccccc65)c4)c4ccccc4-c4ccccc43)cc2)cc1. The highest BCUT2D eigenvalue weighted by Gasteiger charge is 2.54. The fourth-order valence-electron chi connectivity index (χ4n) is 26.6. The third kappa shape index (κ3) is 10.5. The maximum Gasteiger partial charge on any atom is 0.0713 e. The number of aromatic nitrogens is 6. The van der Waals surface area contributed by atoms with Crippen LogP contribution < -0.4 is 0 Å². The fourth-order valence-corrected chi connectivity index (χ4v) is 26.6. The molecular weight excluding hydrogens is 1710 g/mol. The Hall–Kier alpha value is -18.4. The number of fused-ring (bicyclic) bond motifs is 27. The molecule has 0 atom stereocenters. The molecule has 654 valence electrons. The molecule has 6 aromatic heterocycles. The summed E-state index contributed by atoms with van der Waals surface area (Å²) in [5.74, 6) is 0. The monoisotopic (exact) mass is 1790 g/mol. The van der Waals surface area contributed by atoms with E-state index >= 15 is 0 Å². The van der Waals surface area contributed by atoms with Gasteiger partial charge in [0.15, 0.2) is 0 Å². The second-order valence-electron chi connectivity index (χ2n) is 38.7. The molecule has 6 heterocycles. The van der Waals surface area contributed by atoms with Gasteiger partial charge in [-0.15, -0.1) is 0 Å². The molecule has 0 saturated heterocycles. The van der Waals surface area contributed by atoms with Crippen LogP contribution >= 0.6 is 0 Å². The first-order valence-electron chi connectivity index (χ1n) is 49.1. The topological polar surface area (TPSA) is 29.6 Å². The lowest BCUT2D eigenvalue weighted by molar-refractivity contribution is 0.713. The van der Waals surface area contributed by atoms with Crippen molar-refractivity contribution in [2.75, 3.05) is 0 Å². The zero-order valence-electron chi connectivity index (χ0n) is 76.7. The number of hydrogen-bond acceptors (Lipinski definition) is 0. The highest BCUT2D eigenvalue weighted by atomic mass is 15.0. The lowest BCUT2D eigenvalue weighted by atomic mass is 9.60. The van der Waals surface area contributed by atoms with Crippen LogP contribution in [0.5, 0.6) is 0 Å². The molecule has 6 nitrogen and oxygen atoms in total. The van der Waals surface area contributed by atoms with Crippen LogP contribution in [0.2, 0.25) is 0 Å². The lowest BCUT2D eigenvalue weighted by Crippen LogP contribution is -2.35. The van der Waals surface area contributed by atoms with E-state index in [-0.39, 0.29) is 0 Å². The molecule has 0 N–H and O–H groups in total. The van der Waals surface area contributed by atoms with Crippen molar-refractivity contribution in [3.63, 3.8) is 0 Å². The average molecular weight is 1790 g/mol. The van der Waals surface area contributed by atoms with E-state index in [9.17, 15) is 0 Å². The van der Waals surface area contributed by atoms with Crippen LogP contribution in [-0.4, -0.2) is 27.4 Å². The van der Waals surface area contributed by atoms with E-state index in [1.807, 2.05) is 0 Å². The van der Waals surface area contributed by atoms with Crippen molar-refractivity contribution in [2.24, 2.45) is 0 Å². The first kappa shape index (κ1) is 77.9. The van der Waals surface area contributed by atoms with Gasteiger partial charge in [-0.25, -0.2) is 0 Å². The minimum Gasteiger partial charge on any atom is -0.309 e. The number of benzene rings is 22. The van der Waals surface area contributed by atoms with Gasteiger partial charge in [-0.1, -0.05) is 364 Å². The first-order valence-corrected chi connectivity index (χ1v) is 49.1. The third-order valence-electron chi connectivity index (χ3n) is 32.2. The Bertz CT molecular complexity index is 9110. The Morgan fingerprint density at radius 1 is 0.106 bits per heavy atom. The Morgan fingerprint density at radius 2 is 0.262 bits per heavy atom. The number of para-hydroxylation sites is 9. The Labute approximate surface area is 812 Å². The summed E-state index contributed by atoms with van der Waals surface area (Å²) in [4.78, 5) is 0. The standard InChI is InChI=1S/C135H84N6/c1-4-34-91(35-5-1)136-121-58-28-16-46-103(121)109-82-130-112(79-127(109)136)106-49-19-31-61-124(106)139(130)94-70-64-85(65-71-94)133(115-52-22-10-40-97(115)98-41-11-23-53-116(98)133)88-76-89(134(117-54-24-12-42-99(117)100-43-13-25-55-118(100)134)86-66-72-95(73-67-86)140-125-62-32-20-50-107(125)113-80-128-110(83-131(113)140)104-47-17-29-59-122(104)137(128)92-36-6-2-7-37-92)78-90(77-88)135(119-56-26-14-44-101(119)102-45-15-27-57-120(102)135)87-68-74-96(75-69-87)141-126-63-33-21-51-108(126)114-81-129-111(84-132(114)141)105-48-18-30-60-123(105)138(129)93-38-8-3-9-39-93/h1-84H. The summed E-state index contributed by atoms with van der Waals surface area (Å²) in [6.45, 7) is 0. The summed E-state index contributed by atoms with van der Waals surface area (Å²) in [5.41, 5.74) is 39.5. The predicted molar refractivity (Wildman–Crippen MR) is 584 cm³/mol. The van der Waals surface area contributed by atoms with Crippen LogP contribution in [0.25, 0.3) is 198 Å². The molecule has 0 aliphatic heterocycles. The van der Waals surface area contributed by atoms with Gasteiger partial charge in [-0.2, -0.15) is 0 Å². The van der Waals surface area contributed by atoms with Crippen molar-refractivity contribution in [2.45, 2.75) is 16.2 Å². The molecule has 3 aliphatic rings. The summed E-state index contributed by atoms with van der Waals surface area (Å²) in [7, 11) is 0. The van der Waals surface area contributed by atoms with Crippen LogP contribution in [0.15, 0.2) is 510 Å². The fraction of sp³-hybridized carbons (Fsp3) is 0.0222. The van der Waals surface area contributed by atoms with E-state index in [0.717, 1.165) is 67.2 Å². The number of hydrogen-bond donors (Lipinski definition) is 0. The van der Waals surface area contributed by atoms with Crippen molar-refractivity contribution in [3.8, 4) is 67.5 Å². The van der Waals surface area contributed by atoms with Gasteiger partial charge in [-0.3, -0.25) is 0 Å². The van der Waals surface area contributed by atoms with Gasteiger partial charge in [0.25, 0.3) is 0 Å². The molecule has 0 spiro atoms. The largest absolute Gasteiger partial charge is 0.309 e. The van der Waals surface area contributed by atoms with Crippen LogP contribution in [-0.2, 0) is 16.2 Å². The van der Waals surface area contributed by atoms with Gasteiger partial charge < -0.3 is 27.4 Å². The lowest BCUT2D eigenvalue weighted by Gasteiger charge is -2.41. The highest BCUT2D eigenvalue weighted by Crippen LogP contribution is 2.64. The van der Waals surface area contributed by atoms with Gasteiger partial charge in [0, 0.05) is 98.8 Å². The van der Waals surface area contributed by atoms with Crippen LogP contribution in [0.1, 0.15) is 66.8 Å². The van der Waals surface area contributed by atoms with Crippen molar-refractivity contribution < 1.29 is 0 Å². The van der Waals surface area contributed by atoms with E-state index in [2.05, 4.69) is 537 Å². The molecule has 0 bridgehead atoms. The number of rotatable bonds is 12. The summed E-state index contributed by atoms with van der Waals surface area (Å²) >= 11 is 0. The van der Waals surface area contributed by atoms with E-state index in [0.29, 0.717) is 0 Å². The molecule has 22 aromatic carbocycles. The number of nitrogens with zero attached hydrogens (tertiary/aromatic N) is 6. The third-order valence-corrected chi connectivity index (χ3v) is 32.2. The second-order valence-corrected chi connectivity index (χ2v) is 38.7. The molecule has 3 aliphatic carbocycles. The molecule has 6 heteroatoms. The summed E-state index contributed by atoms with van der Waals surface area (Å²) in [6.07, 6.45) is 0. The second kappa shape index (κ2) is 29.3. The van der Waals surface area contributed by atoms with E-state index in [1.54, 1.807) is 0 Å². The molecule has 0 unspecified atom stereocenters. The first-order chi connectivity index (χ1) is 70.0. The van der Waals surface area contributed by atoms with E-state index < -0.39 is 16.2 Å². The van der Waals surface area contributed by atoms with Gasteiger partial charge in [0.2, 0.25) is 0 Å². The normalized spacial score (nSPS) is 13.7. The summed E-state index contributed by atoms with van der Waals surface area (Å²) in [6, 6.07) is 195. The quantitative estimate of drug-likeness (QED) is 0.117. The van der Waals surface area contributed by atoms with Gasteiger partial charge in [0.1, 0.15) is 0 Å². The molecule has 31 rings (SSSR count). The smallest absolute Gasteiger partial charge is 0.0713 e. The van der Waals surface area contributed by atoms with E-state index in [4.69, 9.17) is 0 Å². The summed E-state index contributed by atoms with van der Waals surface area (Å²) in [5, 5.41) is 14.5. The maximum absolute atomic E-state index is 2.69. The van der Waals surface area contributed by atoms with Crippen molar-refractivity contribution >= 4 is 131 Å². The molecule has 28 aromatic rings. The van der Waals surface area contributed by atoms with Crippen LogP contribution in [0.4, 0.5) is 0 Å². The maximum atomic E-state index is 2.69. The Kier molecular flexibility index (Phi) is 16.2. The van der Waals surface area contributed by atoms with Crippen molar-refractivity contribution in [3.05, 3.63) is 576 Å². The van der Waals surface area contributed by atoms with Crippen molar-refractivity contribution in [1.82, 2.24) is 27.4 Å². The van der Waals surface area contributed by atoms with Gasteiger partial charge in [0.05, 0.1) is 82.4 Å². The van der Waals surface area contributed by atoms with Gasteiger partial charge >= 0.3 is 0 Å². The molecule has 0 radical (unpaired) electrons. The molecule has 0 saturated carbocycles. The minimum absolute atomic E-state index is 0.960. The zero-order chi connectivity index (χ0) is 92.1. The average Bonchev–Trinajstić information content (AvgIpc) is 1.52. The van der Waals surface area contributed by atoms with Crippen LogP contribution in [0, 0.1) is 0 Å². The molecule has 0 amide bonds. The van der Waals surface area contributed by atoms with Crippen LogP contribution in [0.3, 0.4) is 0 Å². The molecule has 0 fully saturated rings. The predicted octanol–water partition coefficient (Wildman–Crippen LogP) is 33.4.